The highest BCUT2D eigenvalue weighted by molar-refractivity contribution is 7.89. The Hall–Kier alpha value is -1.90. The average molecular weight is 383 g/mol. The van der Waals surface area contributed by atoms with Crippen molar-refractivity contribution >= 4 is 33.2 Å². The second-order valence-corrected chi connectivity index (χ2v) is 8.39. The minimum absolute atomic E-state index is 0.0740. The maximum absolute atomic E-state index is 12.5. The number of halogens is 1. The number of aryl methyl sites for hydroxylation is 1. The molecule has 3 rings (SSSR count). The maximum atomic E-state index is 12.5. The summed E-state index contributed by atoms with van der Waals surface area (Å²) in [6.45, 7) is 2.49. The van der Waals surface area contributed by atoms with E-state index in [2.05, 4.69) is 15.3 Å². The van der Waals surface area contributed by atoms with E-state index in [9.17, 15) is 13.2 Å². The highest BCUT2D eigenvalue weighted by Crippen LogP contribution is 2.25. The second-order valence-electron chi connectivity index (χ2n) is 6.04. The molecule has 0 atom stereocenters. The predicted molar refractivity (Wildman–Crippen MR) is 94.9 cm³/mol. The fourth-order valence-corrected chi connectivity index (χ4v) is 4.38. The van der Waals surface area contributed by atoms with Gasteiger partial charge in [-0.1, -0.05) is 17.7 Å². The second kappa shape index (κ2) is 7.15. The molecule has 1 saturated heterocycles. The van der Waals surface area contributed by atoms with Crippen LogP contribution in [0.1, 0.15) is 18.4 Å². The summed E-state index contributed by atoms with van der Waals surface area (Å²) in [6, 6.07) is 5.33. The Balaban J connectivity index is 1.62. The largest absolute Gasteiger partial charge is 0.335 e. The smallest absolute Gasteiger partial charge is 0.260 e. The van der Waals surface area contributed by atoms with Gasteiger partial charge < -0.3 is 10.3 Å². The number of nitrogens with zero attached hydrogens (tertiary/aromatic N) is 2. The normalized spacial score (nSPS) is 16.7. The molecule has 25 heavy (non-hydrogen) atoms. The van der Waals surface area contributed by atoms with E-state index in [1.807, 2.05) is 13.0 Å². The molecule has 1 aromatic carbocycles. The van der Waals surface area contributed by atoms with Crippen molar-refractivity contribution in [1.82, 2.24) is 14.3 Å². The minimum Gasteiger partial charge on any atom is -0.335 e. The van der Waals surface area contributed by atoms with Crippen LogP contribution in [-0.4, -0.2) is 41.7 Å². The molecule has 9 heteroatoms. The van der Waals surface area contributed by atoms with E-state index >= 15 is 0 Å². The zero-order valence-electron chi connectivity index (χ0n) is 13.7. The molecular formula is C16H19ClN4O3S. The van der Waals surface area contributed by atoms with Crippen LogP contribution in [0, 0.1) is 12.8 Å². The molecule has 7 nitrogen and oxygen atoms in total. The summed E-state index contributed by atoms with van der Waals surface area (Å²) in [7, 11) is -3.57. The molecule has 1 aromatic heterocycles. The van der Waals surface area contributed by atoms with Crippen molar-refractivity contribution < 1.29 is 13.2 Å². The van der Waals surface area contributed by atoms with Gasteiger partial charge >= 0.3 is 0 Å². The molecule has 2 heterocycles. The number of benzene rings is 1. The number of piperidine rings is 1. The van der Waals surface area contributed by atoms with Crippen LogP contribution in [0.15, 0.2) is 35.7 Å². The summed E-state index contributed by atoms with van der Waals surface area (Å²) < 4.78 is 26.3. The molecule has 1 aliphatic rings. The first-order valence-electron chi connectivity index (χ1n) is 7.93. The lowest BCUT2D eigenvalue weighted by molar-refractivity contribution is -0.120. The number of hydrogen-bond acceptors (Lipinski definition) is 4. The number of aromatic nitrogens is 2. The maximum Gasteiger partial charge on any atom is 0.260 e. The minimum atomic E-state index is -3.57. The standard InChI is InChI=1S/C16H19ClN4O3S/c1-11-2-3-13(17)8-14(11)20-16(22)12-4-6-21(7-5-12)25(23,24)15-9-18-10-19-15/h2-3,8-10,12H,4-7H2,1H3,(H,18,19)(H,20,22). The van der Waals surface area contributed by atoms with E-state index < -0.39 is 10.0 Å². The van der Waals surface area contributed by atoms with Crippen molar-refractivity contribution in [3.8, 4) is 0 Å². The first-order chi connectivity index (χ1) is 11.9. The Kier molecular flexibility index (Phi) is 5.12. The molecule has 0 unspecified atom stereocenters. The molecule has 2 aromatic rings. The number of H-pyrrole nitrogens is 1. The molecule has 0 aliphatic carbocycles. The van der Waals surface area contributed by atoms with Gasteiger partial charge in [-0.05, 0) is 37.5 Å². The van der Waals surface area contributed by atoms with Gasteiger partial charge in [0.15, 0.2) is 5.03 Å². The van der Waals surface area contributed by atoms with Crippen LogP contribution in [0.5, 0.6) is 0 Å². The topological polar surface area (TPSA) is 95.2 Å². The third-order valence-electron chi connectivity index (χ3n) is 4.37. The average Bonchev–Trinajstić information content (AvgIpc) is 3.13. The molecule has 0 saturated carbocycles. The lowest BCUT2D eigenvalue weighted by Gasteiger charge is -2.30. The van der Waals surface area contributed by atoms with Crippen molar-refractivity contribution in [2.75, 3.05) is 18.4 Å². The monoisotopic (exact) mass is 382 g/mol. The van der Waals surface area contributed by atoms with Crippen LogP contribution in [0.4, 0.5) is 5.69 Å². The van der Waals surface area contributed by atoms with Crippen molar-refractivity contribution in [3.05, 3.63) is 41.3 Å². The van der Waals surface area contributed by atoms with Gasteiger partial charge in [-0.15, -0.1) is 0 Å². The summed E-state index contributed by atoms with van der Waals surface area (Å²) in [5.74, 6) is -0.337. The molecule has 134 valence electrons. The highest BCUT2D eigenvalue weighted by atomic mass is 35.5. The lowest BCUT2D eigenvalue weighted by atomic mass is 9.97. The van der Waals surface area contributed by atoms with Crippen molar-refractivity contribution in [2.45, 2.75) is 24.8 Å². The molecule has 0 radical (unpaired) electrons. The molecule has 1 amide bonds. The van der Waals surface area contributed by atoms with E-state index in [4.69, 9.17) is 11.6 Å². The van der Waals surface area contributed by atoms with Crippen LogP contribution in [-0.2, 0) is 14.8 Å². The fourth-order valence-electron chi connectivity index (χ4n) is 2.85. The van der Waals surface area contributed by atoms with Gasteiger partial charge in [0, 0.05) is 29.7 Å². The number of carbonyl (C=O) groups excluding carboxylic acids is 1. The SMILES string of the molecule is Cc1ccc(Cl)cc1NC(=O)C1CCN(S(=O)(=O)c2cnc[nH]2)CC1. The summed E-state index contributed by atoms with van der Waals surface area (Å²) in [5.41, 5.74) is 1.61. The van der Waals surface area contributed by atoms with Crippen molar-refractivity contribution in [1.29, 1.82) is 0 Å². The number of rotatable bonds is 4. The Bertz CT molecular complexity index is 860. The zero-order valence-corrected chi connectivity index (χ0v) is 15.3. The van der Waals surface area contributed by atoms with Gasteiger partial charge in [-0.3, -0.25) is 4.79 Å². The Morgan fingerprint density at radius 3 is 2.72 bits per heavy atom. The number of hydrogen-bond donors (Lipinski definition) is 2. The third kappa shape index (κ3) is 3.86. The fraction of sp³-hybridized carbons (Fsp3) is 0.375. The molecule has 1 aliphatic heterocycles. The Labute approximate surface area is 151 Å². The van der Waals surface area contributed by atoms with E-state index in [0.717, 1.165) is 5.56 Å². The van der Waals surface area contributed by atoms with Crippen LogP contribution >= 0.6 is 11.6 Å². The van der Waals surface area contributed by atoms with Gasteiger partial charge in [0.05, 0.1) is 12.5 Å². The molecule has 0 bridgehead atoms. The summed E-state index contributed by atoms with van der Waals surface area (Å²) in [5, 5.41) is 3.53. The van der Waals surface area contributed by atoms with Crippen LogP contribution in [0.2, 0.25) is 5.02 Å². The highest BCUT2D eigenvalue weighted by Gasteiger charge is 2.32. The van der Waals surface area contributed by atoms with E-state index in [0.29, 0.717) is 36.6 Å². The van der Waals surface area contributed by atoms with Crippen molar-refractivity contribution in [2.24, 2.45) is 5.92 Å². The molecule has 2 N–H and O–H groups in total. The van der Waals surface area contributed by atoms with Crippen LogP contribution in [0.25, 0.3) is 0 Å². The molecular weight excluding hydrogens is 364 g/mol. The summed E-state index contributed by atoms with van der Waals surface area (Å²) in [6.07, 6.45) is 3.56. The predicted octanol–water partition coefficient (Wildman–Crippen LogP) is 2.41. The first-order valence-corrected chi connectivity index (χ1v) is 9.75. The number of aromatic amines is 1. The number of amides is 1. The zero-order chi connectivity index (χ0) is 18.0. The lowest BCUT2D eigenvalue weighted by Crippen LogP contribution is -2.41. The van der Waals surface area contributed by atoms with Gasteiger partial charge in [0.25, 0.3) is 10.0 Å². The number of nitrogens with one attached hydrogen (secondary N) is 2. The van der Waals surface area contributed by atoms with Gasteiger partial charge in [0.2, 0.25) is 5.91 Å². The summed E-state index contributed by atoms with van der Waals surface area (Å²) in [4.78, 5) is 18.9. The first kappa shape index (κ1) is 17.9. The Morgan fingerprint density at radius 1 is 1.36 bits per heavy atom. The quantitative estimate of drug-likeness (QED) is 0.848. The van der Waals surface area contributed by atoms with Gasteiger partial charge in [0.1, 0.15) is 0 Å². The number of anilines is 1. The van der Waals surface area contributed by atoms with E-state index in [-0.39, 0.29) is 16.9 Å². The number of sulfonamides is 1. The third-order valence-corrected chi connectivity index (χ3v) is 6.43. The number of imidazole rings is 1. The molecule has 1 fully saturated rings. The van der Waals surface area contributed by atoms with Gasteiger partial charge in [-0.2, -0.15) is 4.31 Å². The summed E-state index contributed by atoms with van der Waals surface area (Å²) >= 11 is 5.97. The van der Waals surface area contributed by atoms with Crippen molar-refractivity contribution in [3.63, 3.8) is 0 Å². The Morgan fingerprint density at radius 2 is 2.08 bits per heavy atom. The van der Waals surface area contributed by atoms with Crippen LogP contribution < -0.4 is 5.32 Å². The van der Waals surface area contributed by atoms with Gasteiger partial charge in [-0.25, -0.2) is 13.4 Å². The number of carbonyl (C=O) groups is 1. The van der Waals surface area contributed by atoms with E-state index in [1.165, 1.54) is 16.8 Å². The molecule has 0 spiro atoms. The van der Waals surface area contributed by atoms with Crippen LogP contribution in [0.3, 0.4) is 0 Å². The van der Waals surface area contributed by atoms with E-state index in [1.54, 1.807) is 12.1 Å².